The Labute approximate surface area is 125 Å². The number of fused-ring (bicyclic) bond motifs is 3. The molecule has 0 unspecified atom stereocenters. The Balaban J connectivity index is 2.21. The summed E-state index contributed by atoms with van der Waals surface area (Å²) in [6, 6.07) is 15.8. The van der Waals surface area contributed by atoms with Gasteiger partial charge in [0, 0.05) is 0 Å². The van der Waals surface area contributed by atoms with Crippen LogP contribution in [0.25, 0.3) is 11.1 Å². The van der Waals surface area contributed by atoms with Crippen molar-refractivity contribution in [1.82, 2.24) is 0 Å². The van der Waals surface area contributed by atoms with Crippen LogP contribution in [0, 0.1) is 0 Å². The van der Waals surface area contributed by atoms with Gasteiger partial charge in [-0.05, 0) is 0 Å². The van der Waals surface area contributed by atoms with Crippen LogP contribution in [-0.4, -0.2) is 21.7 Å². The molecule has 0 amide bonds. The summed E-state index contributed by atoms with van der Waals surface area (Å²) < 4.78 is 31.4. The molecule has 6 heteroatoms. The first kappa shape index (κ1) is 13.8. The molecule has 0 atom stereocenters. The number of benzene rings is 2. The fourth-order valence-electron chi connectivity index (χ4n) is 2.07. The maximum absolute atomic E-state index is 11.5. The van der Waals surface area contributed by atoms with Gasteiger partial charge in [-0.1, -0.05) is 0 Å². The number of hydrogen-bond donors (Lipinski definition) is 0. The molecular formula is C14H14NO3PdS. The number of hydrogen-bond acceptors (Lipinski definition) is 4. The van der Waals surface area contributed by atoms with E-state index in [1.165, 1.54) is 0 Å². The summed E-state index contributed by atoms with van der Waals surface area (Å²) in [5.41, 5.74) is 3.18. The Morgan fingerprint density at radius 3 is 2.30 bits per heavy atom. The Hall–Kier alpha value is -1.19. The number of anilines is 1. The van der Waals surface area contributed by atoms with E-state index in [4.69, 9.17) is 2.91 Å². The second-order valence-electron chi connectivity index (χ2n) is 4.35. The molecule has 1 aliphatic rings. The van der Waals surface area contributed by atoms with Gasteiger partial charge in [-0.2, -0.15) is 0 Å². The fraction of sp³-hybridized carbons (Fsp3) is 0.143. The van der Waals surface area contributed by atoms with Gasteiger partial charge in [0.15, 0.2) is 0 Å². The Morgan fingerprint density at radius 2 is 1.60 bits per heavy atom. The first-order valence-electron chi connectivity index (χ1n) is 5.91. The van der Waals surface area contributed by atoms with Crippen LogP contribution in [0.3, 0.4) is 0 Å². The molecule has 0 radical (unpaired) electrons. The molecule has 1 heterocycles. The van der Waals surface area contributed by atoms with Gasteiger partial charge in [0.05, 0.1) is 0 Å². The first-order chi connectivity index (χ1) is 9.47. The van der Waals surface area contributed by atoms with Crippen molar-refractivity contribution in [1.29, 1.82) is 0 Å². The van der Waals surface area contributed by atoms with Crippen LogP contribution in [-0.2, 0) is 30.4 Å². The van der Waals surface area contributed by atoms with Crippen LogP contribution in [0.4, 0.5) is 5.69 Å². The molecule has 0 N–H and O–H groups in total. The molecule has 0 saturated heterocycles. The quantitative estimate of drug-likeness (QED) is 0.744. The van der Waals surface area contributed by atoms with E-state index in [1.807, 2.05) is 59.1 Å². The zero-order valence-electron chi connectivity index (χ0n) is 11.0. The van der Waals surface area contributed by atoms with E-state index in [0.717, 1.165) is 27.1 Å². The zero-order chi connectivity index (χ0) is 14.3. The molecule has 0 fully saturated rings. The molecule has 2 aromatic carbocycles. The van der Waals surface area contributed by atoms with Crippen molar-refractivity contribution in [2.75, 3.05) is 16.8 Å². The van der Waals surface area contributed by atoms with Crippen molar-refractivity contribution >= 4 is 19.8 Å². The molecule has 0 aromatic heterocycles. The van der Waals surface area contributed by atoms with Gasteiger partial charge in [-0.25, -0.2) is 0 Å². The second kappa shape index (κ2) is 4.97. The second-order valence-corrected chi connectivity index (χ2v) is 9.47. The van der Waals surface area contributed by atoms with Crippen LogP contribution >= 0.6 is 0 Å². The summed E-state index contributed by atoms with van der Waals surface area (Å²) >= 11 is -1.98. The van der Waals surface area contributed by atoms with Crippen LogP contribution < -0.4 is 7.57 Å². The predicted molar refractivity (Wildman–Crippen MR) is 75.8 cm³/mol. The minimum absolute atomic E-state index is 0.977. The van der Waals surface area contributed by atoms with Crippen LogP contribution in [0.1, 0.15) is 0 Å². The third kappa shape index (κ3) is 2.40. The van der Waals surface area contributed by atoms with Crippen LogP contribution in [0.5, 0.6) is 0 Å². The van der Waals surface area contributed by atoms with Gasteiger partial charge < -0.3 is 0 Å². The summed E-state index contributed by atoms with van der Waals surface area (Å²) in [6.45, 7) is 0. The standard InChI is InChI=1S/C13H11N.CH4O3S.Pd/c1-14-13-10-6-5-9-12(13)11-7-3-2-4-8-11;1-5(2,3)4;/h2-7,9-10H,1H3;1H3,(H,2,3,4);/q-1;;+2/p-1. The summed E-state index contributed by atoms with van der Waals surface area (Å²) in [5.74, 6) is 0. The molecule has 4 nitrogen and oxygen atoms in total. The van der Waals surface area contributed by atoms with Gasteiger partial charge in [0.2, 0.25) is 0 Å². The van der Waals surface area contributed by atoms with Crippen LogP contribution in [0.15, 0.2) is 48.5 Å². The molecule has 20 heavy (non-hydrogen) atoms. The fourth-order valence-corrected chi connectivity index (χ4v) is 6.93. The third-order valence-electron chi connectivity index (χ3n) is 2.84. The molecule has 0 saturated carbocycles. The van der Waals surface area contributed by atoms with Gasteiger partial charge in [0.1, 0.15) is 0 Å². The summed E-state index contributed by atoms with van der Waals surface area (Å²) in [6.07, 6.45) is 1.10. The monoisotopic (exact) mass is 382 g/mol. The van der Waals surface area contributed by atoms with E-state index in [9.17, 15) is 8.42 Å². The van der Waals surface area contributed by atoms with Crippen molar-refractivity contribution in [3.8, 4) is 11.1 Å². The molecule has 3 rings (SSSR count). The molecule has 0 bridgehead atoms. The van der Waals surface area contributed by atoms with E-state index in [-0.39, 0.29) is 0 Å². The van der Waals surface area contributed by atoms with Crippen molar-refractivity contribution in [3.63, 3.8) is 0 Å². The summed E-state index contributed by atoms with van der Waals surface area (Å²) in [4.78, 5) is 0. The van der Waals surface area contributed by atoms with E-state index in [1.54, 1.807) is 0 Å². The Kier molecular flexibility index (Phi) is 3.43. The Bertz CT molecular complexity index is 761. The molecular weight excluding hydrogens is 369 g/mol. The zero-order valence-corrected chi connectivity index (χ0v) is 13.4. The number of para-hydroxylation sites is 1. The molecule has 0 aliphatic carbocycles. The summed E-state index contributed by atoms with van der Waals surface area (Å²) in [7, 11) is -1.60. The number of nitrogens with zero attached hydrogens (tertiary/aromatic N) is 1. The van der Waals surface area contributed by atoms with Gasteiger partial charge in [0.25, 0.3) is 0 Å². The SMILES string of the molecule is C[N]1c2ccccc2-c2cccc[c]2[Pd]1[O]S(C)(=O)=O. The third-order valence-corrected chi connectivity index (χ3v) is 8.00. The van der Waals surface area contributed by atoms with Crippen molar-refractivity contribution in [3.05, 3.63) is 48.5 Å². The minimum atomic E-state index is -3.49. The topological polar surface area (TPSA) is 46.6 Å². The molecule has 1 aliphatic heterocycles. The van der Waals surface area contributed by atoms with Gasteiger partial charge in [-0.3, -0.25) is 0 Å². The average Bonchev–Trinajstić information content (AvgIpc) is 2.42. The molecule has 109 valence electrons. The van der Waals surface area contributed by atoms with Crippen molar-refractivity contribution < 1.29 is 28.7 Å². The normalized spacial score (nSPS) is 15.7. The van der Waals surface area contributed by atoms with Gasteiger partial charge in [-0.15, -0.1) is 0 Å². The number of rotatable bonds is 2. The molecule has 2 aromatic rings. The van der Waals surface area contributed by atoms with Crippen molar-refractivity contribution in [2.45, 2.75) is 0 Å². The van der Waals surface area contributed by atoms with Crippen LogP contribution in [0.2, 0.25) is 0 Å². The average molecular weight is 383 g/mol. The summed E-state index contributed by atoms with van der Waals surface area (Å²) in [5, 5.41) is 0. The Morgan fingerprint density at radius 1 is 1.00 bits per heavy atom. The van der Waals surface area contributed by atoms with Crippen molar-refractivity contribution in [2.24, 2.45) is 0 Å². The van der Waals surface area contributed by atoms with E-state index < -0.39 is 27.5 Å². The van der Waals surface area contributed by atoms with E-state index in [2.05, 4.69) is 0 Å². The van der Waals surface area contributed by atoms with E-state index >= 15 is 0 Å². The predicted octanol–water partition coefficient (Wildman–Crippen LogP) is 1.85. The molecule has 0 spiro atoms. The van der Waals surface area contributed by atoms with E-state index in [0.29, 0.717) is 0 Å². The van der Waals surface area contributed by atoms with Gasteiger partial charge >= 0.3 is 125 Å². The maximum atomic E-state index is 11.5. The first-order valence-corrected chi connectivity index (χ1v) is 9.84.